The minimum Gasteiger partial charge on any atom is -0.354 e. The van der Waals surface area contributed by atoms with Crippen molar-refractivity contribution >= 4 is 58.1 Å². The van der Waals surface area contributed by atoms with Crippen LogP contribution >= 0.6 is 35.0 Å². The van der Waals surface area contributed by atoms with Crippen molar-refractivity contribution < 1.29 is 14.4 Å². The van der Waals surface area contributed by atoms with Crippen LogP contribution in [0.2, 0.25) is 10.0 Å². The van der Waals surface area contributed by atoms with Crippen LogP contribution in [-0.2, 0) is 16.0 Å². The number of carbonyl (C=O) groups excluding carboxylic acids is 3. The predicted octanol–water partition coefficient (Wildman–Crippen LogP) is 3.78. The van der Waals surface area contributed by atoms with Crippen molar-refractivity contribution in [3.05, 3.63) is 68.8 Å². The van der Waals surface area contributed by atoms with Gasteiger partial charge in [-0.1, -0.05) is 35.3 Å². The van der Waals surface area contributed by atoms with E-state index < -0.39 is 0 Å². The van der Waals surface area contributed by atoms with Crippen molar-refractivity contribution in [2.45, 2.75) is 6.42 Å². The van der Waals surface area contributed by atoms with Gasteiger partial charge in [0.15, 0.2) is 0 Å². The highest BCUT2D eigenvalue weighted by molar-refractivity contribution is 8.18. The van der Waals surface area contributed by atoms with Crippen molar-refractivity contribution in [1.82, 2.24) is 15.2 Å². The zero-order valence-corrected chi connectivity index (χ0v) is 16.9. The lowest BCUT2D eigenvalue weighted by molar-refractivity contribution is -0.124. The van der Waals surface area contributed by atoms with E-state index in [9.17, 15) is 14.4 Å². The summed E-state index contributed by atoms with van der Waals surface area (Å²) in [6.45, 7) is 0.247. The summed E-state index contributed by atoms with van der Waals surface area (Å²) in [6, 6.07) is 8.46. The molecule has 144 valence electrons. The zero-order chi connectivity index (χ0) is 20.1. The normalized spacial score (nSPS) is 15.4. The van der Waals surface area contributed by atoms with Gasteiger partial charge in [-0.05, 0) is 47.2 Å². The Balaban J connectivity index is 1.53. The summed E-state index contributed by atoms with van der Waals surface area (Å²) >= 11 is 12.8. The molecule has 28 heavy (non-hydrogen) atoms. The van der Waals surface area contributed by atoms with Crippen molar-refractivity contribution in [3.8, 4) is 0 Å². The van der Waals surface area contributed by atoms with Gasteiger partial charge in [0.25, 0.3) is 11.1 Å². The van der Waals surface area contributed by atoms with Crippen molar-refractivity contribution in [2.24, 2.45) is 0 Å². The largest absolute Gasteiger partial charge is 0.354 e. The van der Waals surface area contributed by atoms with Gasteiger partial charge in [-0.3, -0.25) is 24.3 Å². The van der Waals surface area contributed by atoms with E-state index in [4.69, 9.17) is 23.2 Å². The van der Waals surface area contributed by atoms with E-state index in [2.05, 4.69) is 10.3 Å². The summed E-state index contributed by atoms with van der Waals surface area (Å²) in [5.74, 6) is -0.643. The molecule has 1 fully saturated rings. The van der Waals surface area contributed by atoms with E-state index in [0.717, 1.165) is 22.2 Å². The Hall–Kier alpha value is -2.35. The van der Waals surface area contributed by atoms with Crippen LogP contribution in [0.5, 0.6) is 0 Å². The van der Waals surface area contributed by atoms with E-state index in [-0.39, 0.29) is 36.6 Å². The van der Waals surface area contributed by atoms with Crippen LogP contribution in [0, 0.1) is 0 Å². The van der Waals surface area contributed by atoms with Crippen LogP contribution in [0.15, 0.2) is 47.6 Å². The number of imide groups is 1. The Kier molecular flexibility index (Phi) is 6.72. The lowest BCUT2D eigenvalue weighted by Gasteiger charge is -2.13. The third kappa shape index (κ3) is 5.13. The number of thioether (sulfide) groups is 1. The fourth-order valence-electron chi connectivity index (χ4n) is 2.51. The van der Waals surface area contributed by atoms with Crippen LogP contribution in [0.4, 0.5) is 4.79 Å². The van der Waals surface area contributed by atoms with Gasteiger partial charge in [0, 0.05) is 35.5 Å². The molecule has 0 bridgehead atoms. The van der Waals surface area contributed by atoms with Gasteiger partial charge in [-0.2, -0.15) is 0 Å². The SMILES string of the molecule is O=C(Cc1ccc(Cl)cc1Cl)NCCN1C(=O)S/C(=C\c2cccnc2)C1=O. The molecular weight excluding hydrogens is 421 g/mol. The number of nitrogens with one attached hydrogen (secondary N) is 1. The van der Waals surface area contributed by atoms with E-state index >= 15 is 0 Å². The zero-order valence-electron chi connectivity index (χ0n) is 14.5. The molecule has 6 nitrogen and oxygen atoms in total. The minimum absolute atomic E-state index is 0.0821. The highest BCUT2D eigenvalue weighted by atomic mass is 35.5. The van der Waals surface area contributed by atoms with Gasteiger partial charge < -0.3 is 5.32 Å². The first-order valence-corrected chi connectivity index (χ1v) is 9.87. The summed E-state index contributed by atoms with van der Waals surface area (Å²) in [7, 11) is 0. The molecule has 1 aliphatic rings. The minimum atomic E-state index is -0.381. The molecule has 1 N–H and O–H groups in total. The molecule has 2 aromatic rings. The summed E-state index contributed by atoms with van der Waals surface area (Å²) < 4.78 is 0. The topological polar surface area (TPSA) is 79.4 Å². The van der Waals surface area contributed by atoms with Crippen LogP contribution in [0.25, 0.3) is 6.08 Å². The molecule has 3 amide bonds. The molecule has 0 aliphatic carbocycles. The molecule has 0 saturated carbocycles. The van der Waals surface area contributed by atoms with Gasteiger partial charge in [0.1, 0.15) is 0 Å². The molecule has 1 aromatic heterocycles. The molecule has 0 spiro atoms. The predicted molar refractivity (Wildman–Crippen MR) is 110 cm³/mol. The Morgan fingerprint density at radius 1 is 1.25 bits per heavy atom. The second-order valence-corrected chi connectivity index (χ2v) is 7.72. The van der Waals surface area contributed by atoms with E-state index in [1.807, 2.05) is 0 Å². The molecule has 3 rings (SSSR count). The van der Waals surface area contributed by atoms with Gasteiger partial charge in [-0.15, -0.1) is 0 Å². The molecule has 1 saturated heterocycles. The number of aromatic nitrogens is 1. The van der Waals surface area contributed by atoms with E-state index in [0.29, 0.717) is 20.5 Å². The van der Waals surface area contributed by atoms with Crippen LogP contribution in [0.1, 0.15) is 11.1 Å². The second kappa shape index (κ2) is 9.23. The second-order valence-electron chi connectivity index (χ2n) is 5.88. The third-order valence-corrected chi connectivity index (χ3v) is 5.37. The number of nitrogens with zero attached hydrogens (tertiary/aromatic N) is 2. The van der Waals surface area contributed by atoms with Crippen molar-refractivity contribution in [3.63, 3.8) is 0 Å². The first kappa shape index (κ1) is 20.4. The number of rotatable bonds is 6. The number of halogens is 2. The van der Waals surface area contributed by atoms with Gasteiger partial charge in [0.2, 0.25) is 5.91 Å². The standard InChI is InChI=1S/C19H15Cl2N3O3S/c20-14-4-3-13(15(21)10-14)9-17(25)23-6-7-24-18(26)16(28-19(24)27)8-12-2-1-5-22-11-12/h1-5,8,10-11H,6-7,9H2,(H,23,25)/b16-8-. The smallest absolute Gasteiger partial charge is 0.293 e. The number of carbonyl (C=O) groups is 3. The number of amides is 3. The van der Waals surface area contributed by atoms with Gasteiger partial charge in [-0.25, -0.2) is 0 Å². The molecule has 0 atom stereocenters. The highest BCUT2D eigenvalue weighted by Crippen LogP contribution is 2.31. The Labute approximate surface area is 175 Å². The molecule has 0 radical (unpaired) electrons. The summed E-state index contributed by atoms with van der Waals surface area (Å²) in [5.41, 5.74) is 1.38. The average molecular weight is 436 g/mol. The molecular formula is C19H15Cl2N3O3S. The first-order valence-electron chi connectivity index (χ1n) is 8.30. The van der Waals surface area contributed by atoms with Gasteiger partial charge in [0.05, 0.1) is 11.3 Å². The van der Waals surface area contributed by atoms with E-state index in [1.165, 1.54) is 0 Å². The lowest BCUT2D eigenvalue weighted by Crippen LogP contribution is -2.37. The van der Waals surface area contributed by atoms with E-state index in [1.54, 1.807) is 48.8 Å². The third-order valence-electron chi connectivity index (χ3n) is 3.88. The molecule has 2 heterocycles. The van der Waals surface area contributed by atoms with Crippen LogP contribution in [0.3, 0.4) is 0 Å². The average Bonchev–Trinajstić information content (AvgIpc) is 2.92. The molecule has 1 aliphatic heterocycles. The fraction of sp³-hybridized carbons (Fsp3) is 0.158. The maximum Gasteiger partial charge on any atom is 0.293 e. The number of benzene rings is 1. The number of hydrogen-bond acceptors (Lipinski definition) is 5. The summed E-state index contributed by atoms with van der Waals surface area (Å²) in [6.07, 6.45) is 4.94. The first-order chi connectivity index (χ1) is 13.4. The molecule has 9 heteroatoms. The van der Waals surface area contributed by atoms with Crippen LogP contribution < -0.4 is 5.32 Å². The lowest BCUT2D eigenvalue weighted by atomic mass is 10.1. The van der Waals surface area contributed by atoms with Gasteiger partial charge >= 0.3 is 0 Å². The molecule has 0 unspecified atom stereocenters. The summed E-state index contributed by atoms with van der Waals surface area (Å²) in [4.78, 5) is 42.0. The maximum absolute atomic E-state index is 12.4. The highest BCUT2D eigenvalue weighted by Gasteiger charge is 2.34. The Morgan fingerprint density at radius 3 is 2.79 bits per heavy atom. The number of hydrogen-bond donors (Lipinski definition) is 1. The quantitative estimate of drug-likeness (QED) is 0.698. The Bertz CT molecular complexity index is 951. The molecule has 1 aromatic carbocycles. The fourth-order valence-corrected chi connectivity index (χ4v) is 3.85. The maximum atomic E-state index is 12.4. The summed E-state index contributed by atoms with van der Waals surface area (Å²) in [5, 5.41) is 3.23. The monoisotopic (exact) mass is 435 g/mol. The van der Waals surface area contributed by atoms with Crippen LogP contribution in [-0.4, -0.2) is 40.0 Å². The Morgan fingerprint density at radius 2 is 2.07 bits per heavy atom. The van der Waals surface area contributed by atoms with Crippen molar-refractivity contribution in [1.29, 1.82) is 0 Å². The number of pyridine rings is 1. The van der Waals surface area contributed by atoms with Crippen molar-refractivity contribution in [2.75, 3.05) is 13.1 Å².